The van der Waals surface area contributed by atoms with E-state index < -0.39 is 30.1 Å². The minimum atomic E-state index is -0.894. The number of aromatic hydroxyl groups is 1. The summed E-state index contributed by atoms with van der Waals surface area (Å²) in [6.07, 6.45) is 0.670. The van der Waals surface area contributed by atoms with Gasteiger partial charge in [-0.3, -0.25) is 19.2 Å². The third-order valence-electron chi connectivity index (χ3n) is 5.25. The van der Waals surface area contributed by atoms with Gasteiger partial charge in [-0.05, 0) is 42.0 Å². The Morgan fingerprint density at radius 3 is 2.27 bits per heavy atom. The molecule has 3 aromatic carbocycles. The predicted octanol–water partition coefficient (Wildman–Crippen LogP) is 4.49. The fourth-order valence-corrected chi connectivity index (χ4v) is 3.77. The van der Waals surface area contributed by atoms with Gasteiger partial charge >= 0.3 is 5.97 Å². The lowest BCUT2D eigenvalue weighted by molar-refractivity contribution is -0.131. The Morgan fingerprint density at radius 2 is 1.65 bits per heavy atom. The molecule has 0 unspecified atom stereocenters. The number of nitrogens with zero attached hydrogens (tertiary/aromatic N) is 1. The molecule has 0 atom stereocenters. The van der Waals surface area contributed by atoms with E-state index in [0.717, 1.165) is 12.1 Å². The van der Waals surface area contributed by atoms with Crippen molar-refractivity contribution >= 4 is 59.2 Å². The number of likely N-dealkylation sites (N-methyl/N-ethyl adjacent to an activating group) is 1. The number of phenols is 1. The van der Waals surface area contributed by atoms with Gasteiger partial charge < -0.3 is 20.1 Å². The zero-order valence-corrected chi connectivity index (χ0v) is 21.1. The molecule has 2 amide bonds. The van der Waals surface area contributed by atoms with E-state index in [0.29, 0.717) is 33.7 Å². The fraction of sp³-hybridized carbons (Fsp3) is 0.115. The van der Waals surface area contributed by atoms with Gasteiger partial charge in [0.05, 0.1) is 22.4 Å². The van der Waals surface area contributed by atoms with Crippen molar-refractivity contribution in [3.05, 3.63) is 80.8 Å². The summed E-state index contributed by atoms with van der Waals surface area (Å²) in [7, 11) is 3.00. The van der Waals surface area contributed by atoms with Gasteiger partial charge in [0.25, 0.3) is 11.8 Å². The molecule has 0 saturated heterocycles. The summed E-state index contributed by atoms with van der Waals surface area (Å²) in [4.78, 5) is 61.8. The molecule has 0 aliphatic heterocycles. The molecule has 37 heavy (non-hydrogen) atoms. The molecule has 3 aromatic rings. The highest BCUT2D eigenvalue weighted by molar-refractivity contribution is 6.36. The lowest BCUT2D eigenvalue weighted by Gasteiger charge is -2.15. The van der Waals surface area contributed by atoms with Crippen molar-refractivity contribution in [2.24, 2.45) is 0 Å². The van der Waals surface area contributed by atoms with E-state index in [-0.39, 0.29) is 27.9 Å². The van der Waals surface area contributed by atoms with Crippen LogP contribution >= 0.6 is 23.2 Å². The molecule has 2 N–H and O–H groups in total. The van der Waals surface area contributed by atoms with Gasteiger partial charge in [-0.25, -0.2) is 4.79 Å². The van der Waals surface area contributed by atoms with Crippen molar-refractivity contribution in [3.63, 3.8) is 0 Å². The van der Waals surface area contributed by atoms with Crippen molar-refractivity contribution in [2.75, 3.05) is 26.0 Å². The molecule has 0 bridgehead atoms. The molecule has 0 saturated carbocycles. The number of nitrogens with one attached hydrogen (secondary N) is 1. The topological polar surface area (TPSA) is 130 Å². The minimum absolute atomic E-state index is 0.0200. The minimum Gasteiger partial charge on any atom is -0.507 e. The summed E-state index contributed by atoms with van der Waals surface area (Å²) in [5.41, 5.74) is 0.340. The first-order valence-electron chi connectivity index (χ1n) is 10.6. The molecule has 0 aliphatic carbocycles. The van der Waals surface area contributed by atoms with Gasteiger partial charge in [-0.15, -0.1) is 0 Å². The van der Waals surface area contributed by atoms with Gasteiger partial charge in [0.15, 0.2) is 19.2 Å². The van der Waals surface area contributed by atoms with E-state index in [4.69, 9.17) is 27.9 Å². The SMILES string of the molecule is CN(C)C(=O)COC(=O)c1ccc(-c2ccc(Cl)cc2Cl)cc1NC(=O)c1cc(C=O)c(O)cc1C=O. The fourth-order valence-electron chi connectivity index (χ4n) is 3.25. The molecule has 190 valence electrons. The smallest absolute Gasteiger partial charge is 0.340 e. The summed E-state index contributed by atoms with van der Waals surface area (Å²) in [5, 5.41) is 13.1. The van der Waals surface area contributed by atoms with Gasteiger partial charge in [0.2, 0.25) is 0 Å². The van der Waals surface area contributed by atoms with E-state index in [1.807, 2.05) is 0 Å². The van der Waals surface area contributed by atoms with Crippen LogP contribution in [0.2, 0.25) is 10.0 Å². The van der Waals surface area contributed by atoms with Gasteiger partial charge in [0.1, 0.15) is 5.75 Å². The van der Waals surface area contributed by atoms with Crippen molar-refractivity contribution in [1.82, 2.24) is 4.90 Å². The Kier molecular flexibility index (Phi) is 8.65. The number of esters is 1. The first-order chi connectivity index (χ1) is 17.5. The number of ether oxygens (including phenoxy) is 1. The molecule has 0 aliphatic rings. The number of halogens is 2. The van der Waals surface area contributed by atoms with Gasteiger partial charge in [0, 0.05) is 35.3 Å². The summed E-state index contributed by atoms with van der Waals surface area (Å²) >= 11 is 12.3. The Hall–Kier alpha value is -4.21. The average Bonchev–Trinajstić information content (AvgIpc) is 2.86. The second kappa shape index (κ2) is 11.7. The first-order valence-corrected chi connectivity index (χ1v) is 11.4. The van der Waals surface area contributed by atoms with Crippen LogP contribution in [-0.4, -0.2) is 61.1 Å². The molecule has 0 radical (unpaired) electrons. The molecule has 0 spiro atoms. The van der Waals surface area contributed by atoms with E-state index in [2.05, 4.69) is 5.32 Å². The van der Waals surface area contributed by atoms with Crippen LogP contribution in [0, 0.1) is 0 Å². The van der Waals surface area contributed by atoms with Crippen LogP contribution in [0.15, 0.2) is 48.5 Å². The standard InChI is InChI=1S/C26H20Cl2N2O7/c1-30(2)24(34)13-37-26(36)19-5-3-14(18-6-4-17(27)10-21(18)28)8-22(19)29-25(35)20-7-16(12-32)23(33)9-15(20)11-31/h3-12,33H,13H2,1-2H3,(H,29,35). The normalized spacial score (nSPS) is 10.4. The van der Waals surface area contributed by atoms with E-state index in [1.165, 1.54) is 37.2 Å². The number of anilines is 1. The maximum atomic E-state index is 13.1. The quantitative estimate of drug-likeness (QED) is 0.316. The Bertz CT molecular complexity index is 1420. The average molecular weight is 543 g/mol. The lowest BCUT2D eigenvalue weighted by atomic mass is 10.0. The highest BCUT2D eigenvalue weighted by atomic mass is 35.5. The Balaban J connectivity index is 2.06. The van der Waals surface area contributed by atoms with E-state index in [9.17, 15) is 29.1 Å². The second-order valence-corrected chi connectivity index (χ2v) is 8.78. The van der Waals surface area contributed by atoms with Crippen molar-refractivity contribution in [1.29, 1.82) is 0 Å². The summed E-state index contributed by atoms with van der Waals surface area (Å²) in [6.45, 7) is -0.528. The summed E-state index contributed by atoms with van der Waals surface area (Å²) < 4.78 is 5.10. The van der Waals surface area contributed by atoms with E-state index >= 15 is 0 Å². The summed E-state index contributed by atoms with van der Waals surface area (Å²) in [5.74, 6) is -2.66. The zero-order chi connectivity index (χ0) is 27.3. The number of carbonyl (C=O) groups excluding carboxylic acids is 5. The van der Waals surface area contributed by atoms with Crippen LogP contribution < -0.4 is 5.32 Å². The number of hydrogen-bond donors (Lipinski definition) is 2. The molecule has 0 aromatic heterocycles. The third-order valence-corrected chi connectivity index (χ3v) is 5.80. The van der Waals surface area contributed by atoms with Crippen molar-refractivity contribution in [3.8, 4) is 16.9 Å². The number of amides is 2. The van der Waals surface area contributed by atoms with Gasteiger partial charge in [-0.1, -0.05) is 35.3 Å². The number of hydrogen-bond acceptors (Lipinski definition) is 7. The molecule has 9 nitrogen and oxygen atoms in total. The van der Waals surface area contributed by atoms with Crippen molar-refractivity contribution < 1.29 is 33.8 Å². The highest BCUT2D eigenvalue weighted by Crippen LogP contribution is 2.33. The van der Waals surface area contributed by atoms with Crippen LogP contribution in [0.25, 0.3) is 11.1 Å². The number of benzene rings is 3. The second-order valence-electron chi connectivity index (χ2n) is 7.94. The largest absolute Gasteiger partial charge is 0.507 e. The van der Waals surface area contributed by atoms with Crippen LogP contribution in [0.5, 0.6) is 5.75 Å². The molecule has 0 heterocycles. The predicted molar refractivity (Wildman–Crippen MR) is 138 cm³/mol. The lowest BCUT2D eigenvalue weighted by Crippen LogP contribution is -2.28. The number of phenolic OH excluding ortho intramolecular Hbond substituents is 1. The molecular weight excluding hydrogens is 523 g/mol. The highest BCUT2D eigenvalue weighted by Gasteiger charge is 2.21. The monoisotopic (exact) mass is 542 g/mol. The third kappa shape index (κ3) is 6.32. The molecule has 0 fully saturated rings. The van der Waals surface area contributed by atoms with Crippen LogP contribution in [0.1, 0.15) is 41.4 Å². The van der Waals surface area contributed by atoms with Crippen molar-refractivity contribution in [2.45, 2.75) is 0 Å². The maximum Gasteiger partial charge on any atom is 0.340 e. The number of rotatable bonds is 8. The number of carbonyl (C=O) groups is 5. The maximum absolute atomic E-state index is 13.1. The van der Waals surface area contributed by atoms with E-state index in [1.54, 1.807) is 18.2 Å². The summed E-state index contributed by atoms with van der Waals surface area (Å²) in [6, 6.07) is 11.2. The van der Waals surface area contributed by atoms with Gasteiger partial charge in [-0.2, -0.15) is 0 Å². The van der Waals surface area contributed by atoms with Crippen LogP contribution in [0.3, 0.4) is 0 Å². The molecular formula is C26H20Cl2N2O7. The zero-order valence-electron chi connectivity index (χ0n) is 19.6. The first kappa shape index (κ1) is 27.4. The van der Waals surface area contributed by atoms with Crippen LogP contribution in [-0.2, 0) is 9.53 Å². The molecule has 11 heteroatoms. The Labute approximate surface area is 221 Å². The Morgan fingerprint density at radius 1 is 0.946 bits per heavy atom. The number of aldehydes is 2. The van der Waals surface area contributed by atoms with Crippen LogP contribution in [0.4, 0.5) is 5.69 Å². The molecule has 3 rings (SSSR count).